The molecule has 3 aromatic rings. The highest BCUT2D eigenvalue weighted by molar-refractivity contribution is 5.84. The summed E-state index contributed by atoms with van der Waals surface area (Å²) in [4.78, 5) is 20.9. The van der Waals surface area contributed by atoms with Crippen LogP contribution in [-0.2, 0) is 13.0 Å². The first-order valence-electron chi connectivity index (χ1n) is 11.4. The van der Waals surface area contributed by atoms with Crippen LogP contribution < -0.4 is 5.56 Å². The van der Waals surface area contributed by atoms with Crippen molar-refractivity contribution in [3.05, 3.63) is 64.0 Å². The molecule has 4 nitrogen and oxygen atoms in total. The Kier molecular flexibility index (Phi) is 6.24. The third-order valence-corrected chi connectivity index (χ3v) is 6.56. The topological polar surface area (TPSA) is 38.1 Å². The first-order valence-corrected chi connectivity index (χ1v) is 11.4. The summed E-state index contributed by atoms with van der Waals surface area (Å²) >= 11 is 0. The van der Waals surface area contributed by atoms with Crippen molar-refractivity contribution < 1.29 is 4.39 Å². The second-order valence-corrected chi connectivity index (χ2v) is 9.09. The van der Waals surface area contributed by atoms with Gasteiger partial charge in [0.25, 0.3) is 5.56 Å². The van der Waals surface area contributed by atoms with E-state index in [1.54, 1.807) is 13.0 Å². The average molecular weight is 422 g/mol. The van der Waals surface area contributed by atoms with Gasteiger partial charge in [-0.15, -0.1) is 0 Å². The van der Waals surface area contributed by atoms with Crippen molar-refractivity contribution in [3.8, 4) is 11.1 Å². The van der Waals surface area contributed by atoms with E-state index in [9.17, 15) is 9.18 Å². The minimum absolute atomic E-state index is 0.0317. The molecule has 0 N–H and O–H groups in total. The van der Waals surface area contributed by atoms with Crippen molar-refractivity contribution in [2.75, 3.05) is 13.1 Å². The van der Waals surface area contributed by atoms with Gasteiger partial charge in [-0.05, 0) is 87.0 Å². The molecule has 1 atom stereocenters. The molecule has 1 saturated heterocycles. The minimum atomic E-state index is -0.218. The lowest BCUT2D eigenvalue weighted by atomic mass is 9.96. The second-order valence-electron chi connectivity index (χ2n) is 9.09. The molecular formula is C26H32FN3O. The number of likely N-dealkylation sites (tertiary alicyclic amines) is 1. The Morgan fingerprint density at radius 2 is 1.90 bits per heavy atom. The molecular weight excluding hydrogens is 389 g/mol. The Bertz CT molecular complexity index is 1150. The summed E-state index contributed by atoms with van der Waals surface area (Å²) in [6.45, 7) is 11.2. The number of halogens is 1. The van der Waals surface area contributed by atoms with Gasteiger partial charge in [0.2, 0.25) is 0 Å². The van der Waals surface area contributed by atoms with Crippen LogP contribution in [0, 0.1) is 18.7 Å². The maximum atomic E-state index is 13.7. The maximum Gasteiger partial charge on any atom is 0.261 e. The van der Waals surface area contributed by atoms with E-state index in [4.69, 9.17) is 4.98 Å². The van der Waals surface area contributed by atoms with Crippen LogP contribution in [0.5, 0.6) is 0 Å². The summed E-state index contributed by atoms with van der Waals surface area (Å²) in [6.07, 6.45) is 3.05. The zero-order valence-corrected chi connectivity index (χ0v) is 19.0. The Morgan fingerprint density at radius 1 is 1.16 bits per heavy atom. The van der Waals surface area contributed by atoms with Gasteiger partial charge in [-0.2, -0.15) is 0 Å². The Labute approximate surface area is 183 Å². The van der Waals surface area contributed by atoms with Crippen LogP contribution in [-0.4, -0.2) is 33.6 Å². The van der Waals surface area contributed by atoms with Crippen molar-refractivity contribution in [1.82, 2.24) is 14.5 Å². The number of aryl methyl sites for hydroxylation is 2. The molecule has 0 aliphatic carbocycles. The van der Waals surface area contributed by atoms with Gasteiger partial charge < -0.3 is 4.90 Å². The highest BCUT2D eigenvalue weighted by Gasteiger charge is 2.23. The molecule has 0 saturated carbocycles. The number of piperidine rings is 1. The van der Waals surface area contributed by atoms with Gasteiger partial charge >= 0.3 is 0 Å². The third kappa shape index (κ3) is 4.42. The molecule has 31 heavy (non-hydrogen) atoms. The molecule has 0 spiro atoms. The quantitative estimate of drug-likeness (QED) is 0.569. The number of rotatable bonds is 5. The van der Waals surface area contributed by atoms with Gasteiger partial charge in [0.15, 0.2) is 0 Å². The van der Waals surface area contributed by atoms with Crippen molar-refractivity contribution >= 4 is 10.9 Å². The summed E-state index contributed by atoms with van der Waals surface area (Å²) in [5.74, 6) is 1.09. The lowest BCUT2D eigenvalue weighted by molar-refractivity contribution is 0.129. The summed E-state index contributed by atoms with van der Waals surface area (Å²) in [5, 5.41) is 0.633. The number of fused-ring (bicyclic) bond motifs is 1. The molecule has 0 radical (unpaired) electrons. The number of hydrogen-bond acceptors (Lipinski definition) is 3. The largest absolute Gasteiger partial charge is 0.301 e. The molecule has 0 amide bonds. The minimum Gasteiger partial charge on any atom is -0.301 e. The Balaban J connectivity index is 1.73. The molecule has 164 valence electrons. The van der Waals surface area contributed by atoms with Crippen molar-refractivity contribution in [3.63, 3.8) is 0 Å². The van der Waals surface area contributed by atoms with E-state index in [0.29, 0.717) is 29.5 Å². The lowest BCUT2D eigenvalue weighted by Gasteiger charge is -2.35. The smallest absolute Gasteiger partial charge is 0.261 e. The SMILES string of the molecule is CCc1nc2ccc(-c3ccc(F)c(C)c3)cc2c(=O)n1C[C@H]1CCCN(C(C)C)C1. The highest BCUT2D eigenvalue weighted by atomic mass is 19.1. The van der Waals surface area contributed by atoms with Crippen LogP contribution in [0.25, 0.3) is 22.0 Å². The fourth-order valence-electron chi connectivity index (χ4n) is 4.70. The molecule has 2 heterocycles. The van der Waals surface area contributed by atoms with Gasteiger partial charge in [0, 0.05) is 25.6 Å². The molecule has 5 heteroatoms. The fourth-order valence-corrected chi connectivity index (χ4v) is 4.70. The van der Waals surface area contributed by atoms with E-state index in [1.807, 2.05) is 28.8 Å². The van der Waals surface area contributed by atoms with E-state index in [-0.39, 0.29) is 11.4 Å². The summed E-state index contributed by atoms with van der Waals surface area (Å²) < 4.78 is 15.6. The molecule has 1 aliphatic heterocycles. The van der Waals surface area contributed by atoms with Crippen LogP contribution in [0.4, 0.5) is 4.39 Å². The zero-order chi connectivity index (χ0) is 22.1. The monoisotopic (exact) mass is 421 g/mol. The number of hydrogen-bond donors (Lipinski definition) is 0. The normalized spacial score (nSPS) is 17.5. The van der Waals surface area contributed by atoms with Crippen molar-refractivity contribution in [2.45, 2.75) is 59.5 Å². The Morgan fingerprint density at radius 3 is 2.61 bits per heavy atom. The van der Waals surface area contributed by atoms with E-state index < -0.39 is 0 Å². The molecule has 2 aromatic carbocycles. The fraction of sp³-hybridized carbons (Fsp3) is 0.462. The number of benzene rings is 2. The van der Waals surface area contributed by atoms with Crippen LogP contribution in [0.15, 0.2) is 41.2 Å². The van der Waals surface area contributed by atoms with Gasteiger partial charge in [0.1, 0.15) is 11.6 Å². The zero-order valence-electron chi connectivity index (χ0n) is 19.0. The second kappa shape index (κ2) is 8.91. The predicted octanol–water partition coefficient (Wildman–Crippen LogP) is 5.19. The average Bonchev–Trinajstić information content (AvgIpc) is 2.77. The molecule has 1 aromatic heterocycles. The van der Waals surface area contributed by atoms with Gasteiger partial charge in [-0.3, -0.25) is 9.36 Å². The van der Waals surface area contributed by atoms with Crippen LogP contribution in [0.2, 0.25) is 0 Å². The first kappa shape index (κ1) is 21.7. The predicted molar refractivity (Wildman–Crippen MR) is 125 cm³/mol. The van der Waals surface area contributed by atoms with Gasteiger partial charge in [0.05, 0.1) is 10.9 Å². The third-order valence-electron chi connectivity index (χ3n) is 6.56. The molecule has 1 aliphatic rings. The molecule has 4 rings (SSSR count). The Hall–Kier alpha value is -2.53. The van der Waals surface area contributed by atoms with Gasteiger partial charge in [-0.25, -0.2) is 9.37 Å². The molecule has 1 fully saturated rings. The van der Waals surface area contributed by atoms with Gasteiger partial charge in [-0.1, -0.05) is 19.1 Å². The first-order chi connectivity index (χ1) is 14.9. The maximum absolute atomic E-state index is 13.7. The molecule has 0 unspecified atom stereocenters. The van der Waals surface area contributed by atoms with Crippen LogP contribution in [0.1, 0.15) is 45.0 Å². The number of aromatic nitrogens is 2. The van der Waals surface area contributed by atoms with E-state index >= 15 is 0 Å². The van der Waals surface area contributed by atoms with Crippen molar-refractivity contribution in [2.24, 2.45) is 5.92 Å². The summed E-state index contributed by atoms with van der Waals surface area (Å²) in [5.41, 5.74) is 3.18. The molecule has 0 bridgehead atoms. The van der Waals surface area contributed by atoms with E-state index in [1.165, 1.54) is 12.5 Å². The van der Waals surface area contributed by atoms with E-state index in [0.717, 1.165) is 48.4 Å². The highest BCUT2D eigenvalue weighted by Crippen LogP contribution is 2.25. The lowest BCUT2D eigenvalue weighted by Crippen LogP contribution is -2.42. The number of nitrogens with zero attached hydrogens (tertiary/aromatic N) is 3. The summed E-state index contributed by atoms with van der Waals surface area (Å²) in [6, 6.07) is 11.4. The van der Waals surface area contributed by atoms with Crippen LogP contribution in [0.3, 0.4) is 0 Å². The van der Waals surface area contributed by atoms with E-state index in [2.05, 4.69) is 25.7 Å². The van der Waals surface area contributed by atoms with Crippen LogP contribution >= 0.6 is 0 Å². The van der Waals surface area contributed by atoms with Crippen molar-refractivity contribution in [1.29, 1.82) is 0 Å². The summed E-state index contributed by atoms with van der Waals surface area (Å²) in [7, 11) is 0. The standard InChI is InChI=1S/C26H32FN3O/c1-5-25-28-24-11-9-21(20-8-10-23(27)18(4)13-20)14-22(24)26(31)30(25)16-19-7-6-12-29(15-19)17(2)3/h8-11,13-14,17,19H,5-7,12,15-16H2,1-4H3/t19-/m0/s1.